The quantitative estimate of drug-likeness (QED) is 0.771. The highest BCUT2D eigenvalue weighted by molar-refractivity contribution is 7.88. The van der Waals surface area contributed by atoms with Crippen LogP contribution in [-0.2, 0) is 22.3 Å². The van der Waals surface area contributed by atoms with Gasteiger partial charge in [-0.1, -0.05) is 31.2 Å². The molecule has 0 aromatic heterocycles. The first-order valence-corrected chi connectivity index (χ1v) is 7.42. The van der Waals surface area contributed by atoms with Crippen molar-refractivity contribution >= 4 is 10.0 Å². The van der Waals surface area contributed by atoms with Gasteiger partial charge in [0.15, 0.2) is 0 Å². The van der Waals surface area contributed by atoms with Crippen LogP contribution in [0.25, 0.3) is 0 Å². The van der Waals surface area contributed by atoms with Gasteiger partial charge in [0.1, 0.15) is 0 Å². The van der Waals surface area contributed by atoms with Crippen LogP contribution >= 0.6 is 0 Å². The maximum absolute atomic E-state index is 11.6. The van der Waals surface area contributed by atoms with E-state index in [0.717, 1.165) is 24.1 Å². The van der Waals surface area contributed by atoms with Crippen molar-refractivity contribution in [2.45, 2.75) is 25.6 Å². The minimum absolute atomic E-state index is 0.0484. The summed E-state index contributed by atoms with van der Waals surface area (Å²) in [4.78, 5) is 0. The van der Waals surface area contributed by atoms with Gasteiger partial charge in [0.05, 0.1) is 5.75 Å². The first-order valence-electron chi connectivity index (χ1n) is 5.77. The van der Waals surface area contributed by atoms with E-state index in [1.807, 2.05) is 38.2 Å². The summed E-state index contributed by atoms with van der Waals surface area (Å²) in [5, 5.41) is 3.05. The molecule has 0 aliphatic rings. The van der Waals surface area contributed by atoms with Gasteiger partial charge in [-0.3, -0.25) is 0 Å². The molecule has 17 heavy (non-hydrogen) atoms. The Morgan fingerprint density at radius 2 is 1.71 bits per heavy atom. The van der Waals surface area contributed by atoms with E-state index in [1.54, 1.807) is 0 Å². The van der Waals surface area contributed by atoms with Gasteiger partial charge in [-0.15, -0.1) is 0 Å². The van der Waals surface area contributed by atoms with Gasteiger partial charge in [-0.2, -0.15) is 0 Å². The van der Waals surface area contributed by atoms with E-state index in [9.17, 15) is 8.42 Å². The number of nitrogens with one attached hydrogen (secondary N) is 2. The molecule has 0 saturated carbocycles. The Labute approximate surface area is 103 Å². The lowest BCUT2D eigenvalue weighted by atomic mass is 10.1. The second kappa shape index (κ2) is 6.74. The average molecular weight is 256 g/mol. The summed E-state index contributed by atoms with van der Waals surface area (Å²) in [6, 6.07) is 7.61. The molecule has 0 spiro atoms. The standard InChI is InChI=1S/C12H20N2O2S/c1-3-8-14-17(15,16)10-12-6-4-11(5-7-12)9-13-2/h4-7,13-14H,3,8-10H2,1-2H3. The van der Waals surface area contributed by atoms with Crippen molar-refractivity contribution in [3.8, 4) is 0 Å². The van der Waals surface area contributed by atoms with Gasteiger partial charge in [0, 0.05) is 13.1 Å². The summed E-state index contributed by atoms with van der Waals surface area (Å²) >= 11 is 0. The number of hydrogen-bond acceptors (Lipinski definition) is 3. The molecule has 0 unspecified atom stereocenters. The van der Waals surface area contributed by atoms with E-state index in [1.165, 1.54) is 0 Å². The Morgan fingerprint density at radius 3 is 2.24 bits per heavy atom. The van der Waals surface area contributed by atoms with Crippen LogP contribution in [0.1, 0.15) is 24.5 Å². The predicted molar refractivity (Wildman–Crippen MR) is 70.1 cm³/mol. The fourth-order valence-electron chi connectivity index (χ4n) is 1.49. The van der Waals surface area contributed by atoms with E-state index >= 15 is 0 Å². The van der Waals surface area contributed by atoms with Crippen molar-refractivity contribution in [1.82, 2.24) is 10.0 Å². The van der Waals surface area contributed by atoms with Crippen molar-refractivity contribution in [3.63, 3.8) is 0 Å². The topological polar surface area (TPSA) is 58.2 Å². The van der Waals surface area contributed by atoms with E-state index in [-0.39, 0.29) is 5.75 Å². The minimum atomic E-state index is -3.19. The molecule has 2 N–H and O–H groups in total. The van der Waals surface area contributed by atoms with Gasteiger partial charge in [0.25, 0.3) is 0 Å². The number of sulfonamides is 1. The highest BCUT2D eigenvalue weighted by atomic mass is 32.2. The summed E-state index contributed by atoms with van der Waals surface area (Å²) in [6.45, 7) is 3.23. The minimum Gasteiger partial charge on any atom is -0.316 e. The number of rotatable bonds is 7. The summed E-state index contributed by atoms with van der Waals surface area (Å²) < 4.78 is 25.8. The number of benzene rings is 1. The van der Waals surface area contributed by atoms with Crippen molar-refractivity contribution in [2.24, 2.45) is 0 Å². The van der Waals surface area contributed by atoms with Crippen LogP contribution in [0.3, 0.4) is 0 Å². The van der Waals surface area contributed by atoms with Crippen molar-refractivity contribution in [3.05, 3.63) is 35.4 Å². The van der Waals surface area contributed by atoms with Gasteiger partial charge < -0.3 is 5.32 Å². The van der Waals surface area contributed by atoms with E-state index < -0.39 is 10.0 Å². The SMILES string of the molecule is CCCNS(=O)(=O)Cc1ccc(CNC)cc1. The second-order valence-corrected chi connectivity index (χ2v) is 5.81. The second-order valence-electron chi connectivity index (χ2n) is 4.00. The van der Waals surface area contributed by atoms with Crippen LogP contribution in [0.2, 0.25) is 0 Å². The first-order chi connectivity index (χ1) is 8.07. The molecule has 0 amide bonds. The molecule has 0 aliphatic heterocycles. The molecule has 0 atom stereocenters. The van der Waals surface area contributed by atoms with E-state index in [2.05, 4.69) is 10.0 Å². The fraction of sp³-hybridized carbons (Fsp3) is 0.500. The molecule has 1 rings (SSSR count). The van der Waals surface area contributed by atoms with Crippen LogP contribution < -0.4 is 10.0 Å². The van der Waals surface area contributed by atoms with Crippen molar-refractivity contribution < 1.29 is 8.42 Å². The molecule has 1 aromatic carbocycles. The Bertz CT molecular complexity index is 426. The first kappa shape index (κ1) is 14.2. The Morgan fingerprint density at radius 1 is 1.12 bits per heavy atom. The zero-order valence-corrected chi connectivity index (χ0v) is 11.2. The van der Waals surface area contributed by atoms with Crippen LogP contribution in [0.15, 0.2) is 24.3 Å². The van der Waals surface area contributed by atoms with E-state index in [4.69, 9.17) is 0 Å². The zero-order chi connectivity index (χ0) is 12.7. The highest BCUT2D eigenvalue weighted by Crippen LogP contribution is 2.07. The molecule has 1 aromatic rings. The third kappa shape index (κ3) is 5.30. The molecule has 5 heteroatoms. The lowest BCUT2D eigenvalue weighted by Gasteiger charge is -2.06. The maximum atomic E-state index is 11.6. The smallest absolute Gasteiger partial charge is 0.215 e. The van der Waals surface area contributed by atoms with Crippen molar-refractivity contribution in [1.29, 1.82) is 0 Å². The number of hydrogen-bond donors (Lipinski definition) is 2. The molecule has 0 bridgehead atoms. The molecule has 96 valence electrons. The summed E-state index contributed by atoms with van der Waals surface area (Å²) in [5.41, 5.74) is 1.96. The summed E-state index contributed by atoms with van der Waals surface area (Å²) in [6.07, 6.45) is 0.806. The highest BCUT2D eigenvalue weighted by Gasteiger charge is 2.09. The molecule has 0 radical (unpaired) electrons. The Balaban J connectivity index is 2.62. The van der Waals surface area contributed by atoms with E-state index in [0.29, 0.717) is 6.54 Å². The molecule has 0 aliphatic carbocycles. The van der Waals surface area contributed by atoms with Gasteiger partial charge in [-0.05, 0) is 24.6 Å². The van der Waals surface area contributed by atoms with Crippen LogP contribution in [0.4, 0.5) is 0 Å². The Kier molecular flexibility index (Phi) is 5.61. The molecule has 0 saturated heterocycles. The van der Waals surface area contributed by atoms with Crippen molar-refractivity contribution in [2.75, 3.05) is 13.6 Å². The van der Waals surface area contributed by atoms with Crippen LogP contribution in [-0.4, -0.2) is 22.0 Å². The Hall–Kier alpha value is -0.910. The third-order valence-corrected chi connectivity index (χ3v) is 3.69. The summed E-state index contributed by atoms with van der Waals surface area (Å²) in [5.74, 6) is 0.0484. The maximum Gasteiger partial charge on any atom is 0.215 e. The van der Waals surface area contributed by atoms with Gasteiger partial charge >= 0.3 is 0 Å². The third-order valence-electron chi connectivity index (χ3n) is 2.33. The lowest BCUT2D eigenvalue weighted by molar-refractivity contribution is 0.580. The lowest BCUT2D eigenvalue weighted by Crippen LogP contribution is -2.25. The molecule has 0 heterocycles. The molecular weight excluding hydrogens is 236 g/mol. The average Bonchev–Trinajstić information content (AvgIpc) is 2.29. The van der Waals surface area contributed by atoms with Gasteiger partial charge in [0.2, 0.25) is 10.0 Å². The molecule has 4 nitrogen and oxygen atoms in total. The van der Waals surface area contributed by atoms with Crippen LogP contribution in [0, 0.1) is 0 Å². The van der Waals surface area contributed by atoms with Crippen LogP contribution in [0.5, 0.6) is 0 Å². The zero-order valence-electron chi connectivity index (χ0n) is 10.4. The normalized spacial score (nSPS) is 11.6. The summed E-state index contributed by atoms with van der Waals surface area (Å²) in [7, 11) is -1.31. The monoisotopic (exact) mass is 256 g/mol. The largest absolute Gasteiger partial charge is 0.316 e. The molecular formula is C12H20N2O2S. The molecule has 0 fully saturated rings. The fourth-order valence-corrected chi connectivity index (χ4v) is 2.73. The van der Waals surface area contributed by atoms with Gasteiger partial charge in [-0.25, -0.2) is 13.1 Å². The predicted octanol–water partition coefficient (Wildman–Crippen LogP) is 1.24.